The highest BCUT2D eigenvalue weighted by Crippen LogP contribution is 2.37. The topological polar surface area (TPSA) is 66.3 Å². The predicted molar refractivity (Wildman–Crippen MR) is 102 cm³/mol. The first kappa shape index (κ1) is 18.6. The molecule has 3 aromatic rings. The fourth-order valence-electron chi connectivity index (χ4n) is 3.64. The van der Waals surface area contributed by atoms with Gasteiger partial charge in [0.1, 0.15) is 29.3 Å². The third kappa shape index (κ3) is 3.26. The highest BCUT2D eigenvalue weighted by atomic mass is 35.5. The van der Waals surface area contributed by atoms with Crippen LogP contribution in [-0.2, 0) is 4.79 Å². The maximum atomic E-state index is 14.5. The van der Waals surface area contributed by atoms with Crippen molar-refractivity contribution in [3.05, 3.63) is 53.3 Å². The van der Waals surface area contributed by atoms with Gasteiger partial charge in [0.05, 0.1) is 16.3 Å². The van der Waals surface area contributed by atoms with Crippen LogP contribution in [0.3, 0.4) is 0 Å². The number of carboxylic acid groups (broad SMARTS) is 1. The van der Waals surface area contributed by atoms with Gasteiger partial charge in [0.15, 0.2) is 0 Å². The van der Waals surface area contributed by atoms with Gasteiger partial charge in [0.2, 0.25) is 0 Å². The van der Waals surface area contributed by atoms with Crippen molar-refractivity contribution in [3.8, 4) is 11.1 Å². The zero-order chi connectivity index (χ0) is 19.8. The van der Waals surface area contributed by atoms with Crippen molar-refractivity contribution in [1.82, 2.24) is 9.97 Å². The van der Waals surface area contributed by atoms with E-state index in [9.17, 15) is 18.7 Å². The van der Waals surface area contributed by atoms with Crippen molar-refractivity contribution in [1.29, 1.82) is 0 Å². The van der Waals surface area contributed by atoms with Gasteiger partial charge in [-0.1, -0.05) is 23.7 Å². The van der Waals surface area contributed by atoms with Crippen molar-refractivity contribution >= 4 is 34.3 Å². The van der Waals surface area contributed by atoms with Crippen molar-refractivity contribution in [2.75, 3.05) is 18.0 Å². The largest absolute Gasteiger partial charge is 0.481 e. The molecule has 0 radical (unpaired) electrons. The van der Waals surface area contributed by atoms with Gasteiger partial charge in [0.25, 0.3) is 0 Å². The summed E-state index contributed by atoms with van der Waals surface area (Å²) in [5.74, 6) is -2.05. The standard InChI is InChI=1S/C20H16ClF2N3O2/c21-14-5-3-11(8-16(14)23)13-4-6-15(22)18-17(13)19(25-10-24-18)26-7-1-2-12(9-26)20(27)28/h3-6,8,10,12H,1-2,7,9H2,(H,27,28)/t12-/m0/s1. The number of rotatable bonds is 3. The number of anilines is 1. The summed E-state index contributed by atoms with van der Waals surface area (Å²) < 4.78 is 28.5. The van der Waals surface area contributed by atoms with Gasteiger partial charge in [-0.3, -0.25) is 4.79 Å². The second kappa shape index (κ2) is 7.31. The Hall–Kier alpha value is -2.80. The summed E-state index contributed by atoms with van der Waals surface area (Å²) in [5.41, 5.74) is 1.17. The van der Waals surface area contributed by atoms with Crippen LogP contribution in [0.15, 0.2) is 36.7 Å². The molecule has 1 aromatic heterocycles. The minimum absolute atomic E-state index is 0.00743. The number of aliphatic carboxylic acids is 1. The van der Waals surface area contributed by atoms with Crippen LogP contribution in [-0.4, -0.2) is 34.1 Å². The van der Waals surface area contributed by atoms with Crippen LogP contribution in [0, 0.1) is 17.6 Å². The summed E-state index contributed by atoms with van der Waals surface area (Å²) in [6.45, 7) is 0.868. The number of piperidine rings is 1. The molecule has 2 aromatic carbocycles. The summed E-state index contributed by atoms with van der Waals surface area (Å²) in [6, 6.07) is 7.18. The zero-order valence-corrected chi connectivity index (χ0v) is 15.5. The Morgan fingerprint density at radius 2 is 2.00 bits per heavy atom. The third-order valence-corrected chi connectivity index (χ3v) is 5.33. The molecule has 28 heavy (non-hydrogen) atoms. The number of hydrogen-bond acceptors (Lipinski definition) is 4. The molecule has 1 atom stereocenters. The Bertz CT molecular complexity index is 1080. The Balaban J connectivity index is 1.91. The average molecular weight is 404 g/mol. The van der Waals surface area contributed by atoms with Crippen molar-refractivity contribution in [3.63, 3.8) is 0 Å². The van der Waals surface area contributed by atoms with E-state index in [-0.39, 0.29) is 17.1 Å². The molecule has 8 heteroatoms. The molecular formula is C20H16ClF2N3O2. The summed E-state index contributed by atoms with van der Waals surface area (Å²) >= 11 is 5.79. The van der Waals surface area contributed by atoms with Crippen LogP contribution in [0.25, 0.3) is 22.0 Å². The number of aromatic nitrogens is 2. The lowest BCUT2D eigenvalue weighted by Crippen LogP contribution is -2.39. The van der Waals surface area contributed by atoms with Gasteiger partial charge in [-0.05, 0) is 42.2 Å². The SMILES string of the molecule is O=C(O)[C@H]1CCCN(c2ncnc3c(F)ccc(-c4ccc(Cl)c(F)c4)c23)C1. The molecule has 1 aliphatic rings. The van der Waals surface area contributed by atoms with Crippen LogP contribution in [0.5, 0.6) is 0 Å². The third-order valence-electron chi connectivity index (χ3n) is 5.02. The normalized spacial score (nSPS) is 17.1. The second-order valence-electron chi connectivity index (χ2n) is 6.77. The van der Waals surface area contributed by atoms with Crippen LogP contribution >= 0.6 is 11.6 Å². The van der Waals surface area contributed by atoms with Gasteiger partial charge >= 0.3 is 5.97 Å². The first-order valence-electron chi connectivity index (χ1n) is 8.82. The highest BCUT2D eigenvalue weighted by molar-refractivity contribution is 6.30. The van der Waals surface area contributed by atoms with Gasteiger partial charge in [0, 0.05) is 13.1 Å². The molecule has 0 aliphatic carbocycles. The van der Waals surface area contributed by atoms with Crippen molar-refractivity contribution < 1.29 is 18.7 Å². The Morgan fingerprint density at radius 3 is 2.75 bits per heavy atom. The number of nitrogens with zero attached hydrogens (tertiary/aromatic N) is 3. The van der Waals surface area contributed by atoms with E-state index in [0.717, 1.165) is 0 Å². The summed E-state index contributed by atoms with van der Waals surface area (Å²) in [7, 11) is 0. The maximum Gasteiger partial charge on any atom is 0.308 e. The van der Waals surface area contributed by atoms with Gasteiger partial charge < -0.3 is 10.0 Å². The molecule has 1 fully saturated rings. The smallest absolute Gasteiger partial charge is 0.308 e. The molecule has 1 N–H and O–H groups in total. The molecule has 0 saturated carbocycles. The second-order valence-corrected chi connectivity index (χ2v) is 7.18. The number of benzene rings is 2. The lowest BCUT2D eigenvalue weighted by molar-refractivity contribution is -0.141. The van der Waals surface area contributed by atoms with Crippen molar-refractivity contribution in [2.24, 2.45) is 5.92 Å². The molecular weight excluding hydrogens is 388 g/mol. The Morgan fingerprint density at radius 1 is 1.18 bits per heavy atom. The highest BCUT2D eigenvalue weighted by Gasteiger charge is 2.28. The van der Waals surface area contributed by atoms with E-state index in [2.05, 4.69) is 9.97 Å². The molecule has 0 spiro atoms. The van der Waals surface area contributed by atoms with E-state index in [1.807, 2.05) is 4.90 Å². The van der Waals surface area contributed by atoms with Gasteiger partial charge in [-0.2, -0.15) is 0 Å². The molecule has 144 valence electrons. The fraction of sp³-hybridized carbons (Fsp3) is 0.250. The molecule has 0 bridgehead atoms. The molecule has 2 heterocycles. The fourth-order valence-corrected chi connectivity index (χ4v) is 3.76. The van der Waals surface area contributed by atoms with E-state index in [1.165, 1.54) is 24.5 Å². The van der Waals surface area contributed by atoms with Crippen LogP contribution in [0.2, 0.25) is 5.02 Å². The summed E-state index contributed by atoms with van der Waals surface area (Å²) in [4.78, 5) is 21.7. The van der Waals surface area contributed by atoms with Gasteiger partial charge in [-0.15, -0.1) is 0 Å². The number of fused-ring (bicyclic) bond motifs is 1. The molecule has 1 saturated heterocycles. The lowest BCUT2D eigenvalue weighted by Gasteiger charge is -2.32. The minimum atomic E-state index is -0.866. The molecule has 4 rings (SSSR count). The van der Waals surface area contributed by atoms with E-state index < -0.39 is 23.5 Å². The average Bonchev–Trinajstić information content (AvgIpc) is 2.70. The predicted octanol–water partition coefficient (Wildman–Crippen LogP) is 4.53. The van der Waals surface area contributed by atoms with Crippen LogP contribution in [0.4, 0.5) is 14.6 Å². The van der Waals surface area contributed by atoms with Gasteiger partial charge in [-0.25, -0.2) is 18.7 Å². The maximum absolute atomic E-state index is 14.5. The van der Waals surface area contributed by atoms with Crippen LogP contribution in [0.1, 0.15) is 12.8 Å². The Labute approximate surface area is 164 Å². The zero-order valence-electron chi connectivity index (χ0n) is 14.7. The van der Waals surface area contributed by atoms with E-state index in [0.29, 0.717) is 41.7 Å². The number of hydrogen-bond donors (Lipinski definition) is 1. The Kier molecular flexibility index (Phi) is 4.85. The minimum Gasteiger partial charge on any atom is -0.481 e. The van der Waals surface area contributed by atoms with Crippen LogP contribution < -0.4 is 4.90 Å². The first-order valence-corrected chi connectivity index (χ1v) is 9.20. The summed E-state index contributed by atoms with van der Waals surface area (Å²) in [5, 5.41) is 9.79. The number of halogens is 3. The van der Waals surface area contributed by atoms with E-state index >= 15 is 0 Å². The lowest BCUT2D eigenvalue weighted by atomic mass is 9.96. The van der Waals surface area contributed by atoms with E-state index in [4.69, 9.17) is 11.6 Å². The molecule has 0 unspecified atom stereocenters. The number of carboxylic acids is 1. The first-order chi connectivity index (χ1) is 13.5. The molecule has 1 aliphatic heterocycles. The van der Waals surface area contributed by atoms with Crippen molar-refractivity contribution in [2.45, 2.75) is 12.8 Å². The monoisotopic (exact) mass is 403 g/mol. The van der Waals surface area contributed by atoms with E-state index in [1.54, 1.807) is 12.1 Å². The quantitative estimate of drug-likeness (QED) is 0.696. The molecule has 0 amide bonds. The molecule has 5 nitrogen and oxygen atoms in total. The number of carbonyl (C=O) groups is 1. The summed E-state index contributed by atoms with van der Waals surface area (Å²) in [6.07, 6.45) is 2.53.